The van der Waals surface area contributed by atoms with Gasteiger partial charge >= 0.3 is 0 Å². The maximum atomic E-state index is 6.17. The Bertz CT molecular complexity index is 654. The third-order valence-corrected chi connectivity index (χ3v) is 3.43. The molecule has 0 unspecified atom stereocenters. The lowest BCUT2D eigenvalue weighted by molar-refractivity contribution is 0.371. The first-order chi connectivity index (χ1) is 10.1. The molecule has 0 aliphatic rings. The van der Waals surface area contributed by atoms with Gasteiger partial charge in [0, 0.05) is 12.2 Å². The summed E-state index contributed by atoms with van der Waals surface area (Å²) in [4.78, 5) is 0. The molecule has 2 nitrogen and oxygen atoms in total. The van der Waals surface area contributed by atoms with Crippen molar-refractivity contribution in [2.24, 2.45) is 0 Å². The van der Waals surface area contributed by atoms with Gasteiger partial charge in [0.15, 0.2) is 5.75 Å². The van der Waals surface area contributed by atoms with Crippen LogP contribution in [0.25, 0.3) is 0 Å². The first-order valence-electron chi connectivity index (χ1n) is 6.45. The summed E-state index contributed by atoms with van der Waals surface area (Å²) in [5.41, 5.74) is 3.23. The van der Waals surface area contributed by atoms with E-state index in [1.807, 2.05) is 24.3 Å². The fourth-order valence-corrected chi connectivity index (χ4v) is 2.57. The van der Waals surface area contributed by atoms with E-state index in [9.17, 15) is 0 Å². The average Bonchev–Trinajstić information content (AvgIpc) is 2.44. The Morgan fingerprint density at radius 3 is 2.52 bits per heavy atom. The molecule has 0 atom stereocenters. The van der Waals surface area contributed by atoms with Crippen molar-refractivity contribution in [3.63, 3.8) is 0 Å². The Hall–Kier alpha value is -1.82. The minimum atomic E-state index is 0.139. The molecule has 4 heteroatoms. The van der Waals surface area contributed by atoms with Crippen LogP contribution in [-0.4, -0.2) is 6.61 Å². The summed E-state index contributed by atoms with van der Waals surface area (Å²) in [6.07, 6.45) is 5.16. The summed E-state index contributed by atoms with van der Waals surface area (Å²) in [6.45, 7) is 2.81. The van der Waals surface area contributed by atoms with Crippen molar-refractivity contribution in [3.8, 4) is 18.1 Å². The van der Waals surface area contributed by atoms with E-state index < -0.39 is 0 Å². The van der Waals surface area contributed by atoms with Gasteiger partial charge in [-0.15, -0.1) is 6.42 Å². The number of halogens is 2. The van der Waals surface area contributed by atoms with Gasteiger partial charge in [-0.05, 0) is 42.3 Å². The van der Waals surface area contributed by atoms with Crippen molar-refractivity contribution in [2.45, 2.75) is 13.5 Å². The molecule has 0 saturated carbocycles. The van der Waals surface area contributed by atoms with Crippen LogP contribution < -0.4 is 10.1 Å². The normalized spacial score (nSPS) is 10.0. The number of rotatable bonds is 5. The lowest BCUT2D eigenvalue weighted by Gasteiger charge is -2.11. The van der Waals surface area contributed by atoms with E-state index in [2.05, 4.69) is 30.3 Å². The van der Waals surface area contributed by atoms with Crippen molar-refractivity contribution in [1.82, 2.24) is 0 Å². The maximum absolute atomic E-state index is 6.17. The Balaban J connectivity index is 2.09. The smallest absolute Gasteiger partial charge is 0.157 e. The fraction of sp³-hybridized carbons (Fsp3) is 0.176. The Labute approximate surface area is 135 Å². The second kappa shape index (κ2) is 7.26. The van der Waals surface area contributed by atoms with Gasteiger partial charge in [-0.1, -0.05) is 41.3 Å². The number of nitrogens with one attached hydrogen (secondary N) is 1. The second-order valence-corrected chi connectivity index (χ2v) is 5.42. The number of terminal acetylenes is 1. The number of aryl methyl sites for hydroxylation is 1. The van der Waals surface area contributed by atoms with Crippen LogP contribution >= 0.6 is 23.2 Å². The molecule has 0 aromatic heterocycles. The monoisotopic (exact) mass is 319 g/mol. The molecule has 0 bridgehead atoms. The molecule has 0 radical (unpaired) electrons. The number of hydrogen-bond acceptors (Lipinski definition) is 2. The highest BCUT2D eigenvalue weighted by Gasteiger charge is 2.09. The van der Waals surface area contributed by atoms with Crippen molar-refractivity contribution in [1.29, 1.82) is 0 Å². The van der Waals surface area contributed by atoms with Crippen molar-refractivity contribution >= 4 is 28.9 Å². The number of ether oxygens (including phenoxy) is 1. The molecule has 2 aromatic carbocycles. The maximum Gasteiger partial charge on any atom is 0.157 e. The van der Waals surface area contributed by atoms with E-state index in [0.29, 0.717) is 22.3 Å². The first kappa shape index (κ1) is 15.6. The summed E-state index contributed by atoms with van der Waals surface area (Å²) in [7, 11) is 0. The third-order valence-electron chi connectivity index (χ3n) is 2.87. The molecule has 0 amide bonds. The zero-order valence-corrected chi connectivity index (χ0v) is 13.1. The molecule has 0 aliphatic heterocycles. The van der Waals surface area contributed by atoms with Crippen LogP contribution in [0.1, 0.15) is 11.1 Å². The van der Waals surface area contributed by atoms with Crippen molar-refractivity contribution in [2.75, 3.05) is 11.9 Å². The molecule has 0 heterocycles. The van der Waals surface area contributed by atoms with E-state index in [1.165, 1.54) is 5.56 Å². The zero-order valence-electron chi connectivity index (χ0n) is 11.6. The van der Waals surface area contributed by atoms with E-state index in [-0.39, 0.29) is 6.61 Å². The molecule has 21 heavy (non-hydrogen) atoms. The minimum Gasteiger partial charge on any atom is -0.478 e. The summed E-state index contributed by atoms with van der Waals surface area (Å²) in [6, 6.07) is 11.8. The van der Waals surface area contributed by atoms with Crippen LogP contribution in [0.5, 0.6) is 5.75 Å². The minimum absolute atomic E-state index is 0.139. The lowest BCUT2D eigenvalue weighted by atomic mass is 10.2. The molecule has 2 rings (SSSR count). The van der Waals surface area contributed by atoms with Crippen molar-refractivity contribution in [3.05, 3.63) is 57.6 Å². The van der Waals surface area contributed by atoms with E-state index in [1.54, 1.807) is 0 Å². The van der Waals surface area contributed by atoms with Crippen molar-refractivity contribution < 1.29 is 4.74 Å². The van der Waals surface area contributed by atoms with Gasteiger partial charge in [-0.25, -0.2) is 0 Å². The molecule has 0 saturated heterocycles. The van der Waals surface area contributed by atoms with E-state index >= 15 is 0 Å². The second-order valence-electron chi connectivity index (χ2n) is 4.60. The quantitative estimate of drug-likeness (QED) is 0.789. The first-order valence-corrected chi connectivity index (χ1v) is 7.20. The fourth-order valence-electron chi connectivity index (χ4n) is 1.93. The molecule has 0 spiro atoms. The highest BCUT2D eigenvalue weighted by atomic mass is 35.5. The van der Waals surface area contributed by atoms with Gasteiger partial charge in [0.1, 0.15) is 6.61 Å². The molecule has 1 N–H and O–H groups in total. The Morgan fingerprint density at radius 1 is 1.19 bits per heavy atom. The summed E-state index contributed by atoms with van der Waals surface area (Å²) >= 11 is 12.3. The SMILES string of the molecule is C#CCOc1c(Cl)cc(CNc2cccc(C)c2)cc1Cl. The van der Waals surface area contributed by atoms with Crippen LogP contribution in [0, 0.1) is 19.3 Å². The zero-order chi connectivity index (χ0) is 15.2. The predicted octanol–water partition coefficient (Wildman–Crippen LogP) is 4.93. The van der Waals surface area contributed by atoms with Crippen LogP contribution in [0.4, 0.5) is 5.69 Å². The van der Waals surface area contributed by atoms with Gasteiger partial charge in [0.25, 0.3) is 0 Å². The topological polar surface area (TPSA) is 21.3 Å². The molecular weight excluding hydrogens is 305 g/mol. The highest BCUT2D eigenvalue weighted by Crippen LogP contribution is 2.34. The number of hydrogen-bond donors (Lipinski definition) is 1. The van der Waals surface area contributed by atoms with Gasteiger partial charge < -0.3 is 10.1 Å². The standard InChI is InChI=1S/C17H15Cl2NO/c1-3-7-21-17-15(18)9-13(10-16(17)19)11-20-14-6-4-5-12(2)8-14/h1,4-6,8-10,20H,7,11H2,2H3. The molecule has 0 aliphatic carbocycles. The summed E-state index contributed by atoms with van der Waals surface area (Å²) in [5.74, 6) is 2.81. The average molecular weight is 320 g/mol. The van der Waals surface area contributed by atoms with Crippen LogP contribution in [0.15, 0.2) is 36.4 Å². The Kier molecular flexibility index (Phi) is 5.38. The largest absolute Gasteiger partial charge is 0.478 e. The van der Waals surface area contributed by atoms with E-state index in [0.717, 1.165) is 11.3 Å². The van der Waals surface area contributed by atoms with Crippen LogP contribution in [0.2, 0.25) is 10.0 Å². The predicted molar refractivity (Wildman–Crippen MR) is 89.3 cm³/mol. The number of benzene rings is 2. The van der Waals surface area contributed by atoms with Gasteiger partial charge in [0.2, 0.25) is 0 Å². The summed E-state index contributed by atoms with van der Waals surface area (Å²) in [5, 5.41) is 4.24. The summed E-state index contributed by atoms with van der Waals surface area (Å²) < 4.78 is 5.33. The molecule has 0 fully saturated rings. The van der Waals surface area contributed by atoms with Gasteiger partial charge in [0.05, 0.1) is 10.0 Å². The third kappa shape index (κ3) is 4.32. The Morgan fingerprint density at radius 2 is 1.90 bits per heavy atom. The lowest BCUT2D eigenvalue weighted by Crippen LogP contribution is -2.01. The molecule has 2 aromatic rings. The van der Waals surface area contributed by atoms with E-state index in [4.69, 9.17) is 34.4 Å². The van der Waals surface area contributed by atoms with Gasteiger partial charge in [-0.3, -0.25) is 0 Å². The molecule has 108 valence electrons. The van der Waals surface area contributed by atoms with Crippen LogP contribution in [0.3, 0.4) is 0 Å². The number of anilines is 1. The highest BCUT2D eigenvalue weighted by molar-refractivity contribution is 6.37. The van der Waals surface area contributed by atoms with Crippen LogP contribution in [-0.2, 0) is 6.54 Å². The van der Waals surface area contributed by atoms with Gasteiger partial charge in [-0.2, -0.15) is 0 Å². The molecular formula is C17H15Cl2NO.